The second-order valence-corrected chi connectivity index (χ2v) is 3.84. The molecule has 2 rings (SSSR count). The second kappa shape index (κ2) is 3.82. The quantitative estimate of drug-likeness (QED) is 0.768. The predicted octanol–water partition coefficient (Wildman–Crippen LogP) is 1.31. The zero-order chi connectivity index (χ0) is 9.97. The highest BCUT2D eigenvalue weighted by Gasteiger charge is 2.22. The van der Waals surface area contributed by atoms with Crippen LogP contribution in [-0.4, -0.2) is 20.9 Å². The number of carbonyl (C=O) groups is 1. The first-order valence-corrected chi connectivity index (χ1v) is 4.98. The zero-order valence-corrected chi connectivity index (χ0v) is 8.02. The van der Waals surface area contributed by atoms with E-state index in [-0.39, 0.29) is 6.42 Å². The van der Waals surface area contributed by atoms with E-state index in [4.69, 9.17) is 5.11 Å². The first-order valence-electron chi connectivity index (χ1n) is 4.98. The van der Waals surface area contributed by atoms with Gasteiger partial charge < -0.3 is 5.11 Å². The monoisotopic (exact) mass is 194 g/mol. The van der Waals surface area contributed by atoms with Crippen LogP contribution in [0.5, 0.6) is 0 Å². The van der Waals surface area contributed by atoms with E-state index in [0.29, 0.717) is 6.42 Å². The number of aromatic nitrogens is 2. The Morgan fingerprint density at radius 2 is 2.43 bits per heavy atom. The van der Waals surface area contributed by atoms with Crippen LogP contribution in [0, 0.1) is 5.92 Å². The van der Waals surface area contributed by atoms with Crippen LogP contribution in [0.4, 0.5) is 0 Å². The predicted molar refractivity (Wildman–Crippen MR) is 50.9 cm³/mol. The Labute approximate surface area is 82.5 Å². The Hall–Kier alpha value is -1.32. The highest BCUT2D eigenvalue weighted by Crippen LogP contribution is 2.30. The molecule has 0 bridgehead atoms. The lowest BCUT2D eigenvalue weighted by Crippen LogP contribution is -2.08. The molecule has 0 unspecified atom stereocenters. The van der Waals surface area contributed by atoms with Crippen molar-refractivity contribution in [2.75, 3.05) is 0 Å². The van der Waals surface area contributed by atoms with Crippen molar-refractivity contribution >= 4 is 5.97 Å². The third kappa shape index (κ3) is 2.34. The van der Waals surface area contributed by atoms with Crippen LogP contribution in [0.25, 0.3) is 0 Å². The molecule has 4 heteroatoms. The lowest BCUT2D eigenvalue weighted by atomic mass is 10.2. The number of nitrogens with zero attached hydrogens (tertiary/aromatic N) is 2. The molecule has 0 aromatic carbocycles. The number of hydrogen-bond acceptors (Lipinski definition) is 2. The molecule has 0 atom stereocenters. The van der Waals surface area contributed by atoms with Gasteiger partial charge in [0, 0.05) is 18.4 Å². The Balaban J connectivity index is 1.93. The van der Waals surface area contributed by atoms with E-state index >= 15 is 0 Å². The minimum absolute atomic E-state index is 0.191. The number of carboxylic acid groups (broad SMARTS) is 1. The van der Waals surface area contributed by atoms with Gasteiger partial charge in [0.05, 0.1) is 6.42 Å². The van der Waals surface area contributed by atoms with E-state index in [2.05, 4.69) is 5.10 Å². The van der Waals surface area contributed by atoms with Crippen LogP contribution in [-0.2, 0) is 17.8 Å². The highest BCUT2D eigenvalue weighted by atomic mass is 16.4. The van der Waals surface area contributed by atoms with Gasteiger partial charge in [-0.05, 0) is 31.2 Å². The molecule has 1 aromatic rings. The molecule has 0 spiro atoms. The van der Waals surface area contributed by atoms with Crippen LogP contribution < -0.4 is 0 Å². The molecule has 1 N–H and O–H groups in total. The first kappa shape index (κ1) is 9.24. The van der Waals surface area contributed by atoms with Crippen molar-refractivity contribution < 1.29 is 9.90 Å². The number of aryl methyl sites for hydroxylation is 1. The molecule has 14 heavy (non-hydrogen) atoms. The topological polar surface area (TPSA) is 55.1 Å². The normalized spacial score (nSPS) is 15.7. The number of rotatable bonds is 5. The fourth-order valence-electron chi connectivity index (χ4n) is 1.52. The van der Waals surface area contributed by atoms with Gasteiger partial charge in [0.2, 0.25) is 0 Å². The van der Waals surface area contributed by atoms with Gasteiger partial charge in [-0.3, -0.25) is 9.48 Å². The summed E-state index contributed by atoms with van der Waals surface area (Å²) >= 11 is 0. The Kier molecular flexibility index (Phi) is 2.52. The summed E-state index contributed by atoms with van der Waals surface area (Å²) in [5.41, 5.74) is 1.04. The van der Waals surface area contributed by atoms with E-state index in [1.807, 2.05) is 10.7 Å². The summed E-state index contributed by atoms with van der Waals surface area (Å²) in [6, 6.07) is 1.91. The van der Waals surface area contributed by atoms with Gasteiger partial charge in [-0.25, -0.2) is 0 Å². The molecule has 0 radical (unpaired) electrons. The molecule has 1 aliphatic carbocycles. The molecule has 1 fully saturated rings. The maximum Gasteiger partial charge on any atom is 0.303 e. The average Bonchev–Trinajstić information content (AvgIpc) is 2.81. The molecule has 0 amide bonds. The van der Waals surface area contributed by atoms with Crippen LogP contribution in [0.1, 0.15) is 25.0 Å². The van der Waals surface area contributed by atoms with Crippen molar-refractivity contribution in [1.82, 2.24) is 9.78 Å². The van der Waals surface area contributed by atoms with E-state index in [1.54, 1.807) is 6.20 Å². The minimum Gasteiger partial charge on any atom is -0.481 e. The Morgan fingerprint density at radius 1 is 1.64 bits per heavy atom. The zero-order valence-electron chi connectivity index (χ0n) is 8.02. The van der Waals surface area contributed by atoms with Crippen LogP contribution in [0.3, 0.4) is 0 Å². The lowest BCUT2D eigenvalue weighted by molar-refractivity contribution is -0.136. The van der Waals surface area contributed by atoms with Crippen LogP contribution in [0.15, 0.2) is 12.3 Å². The van der Waals surface area contributed by atoms with Crippen molar-refractivity contribution in [1.29, 1.82) is 0 Å². The van der Waals surface area contributed by atoms with Gasteiger partial charge in [0.25, 0.3) is 0 Å². The van der Waals surface area contributed by atoms with Gasteiger partial charge >= 0.3 is 5.97 Å². The maximum atomic E-state index is 10.4. The molecular formula is C10H14N2O2. The van der Waals surface area contributed by atoms with Crippen molar-refractivity contribution in [2.24, 2.45) is 5.92 Å². The summed E-state index contributed by atoms with van der Waals surface area (Å²) in [5, 5.41) is 12.8. The summed E-state index contributed by atoms with van der Waals surface area (Å²) in [7, 11) is 0. The second-order valence-electron chi connectivity index (χ2n) is 3.84. The molecular weight excluding hydrogens is 180 g/mol. The third-order valence-corrected chi connectivity index (χ3v) is 2.53. The molecule has 1 saturated carbocycles. The molecule has 1 heterocycles. The van der Waals surface area contributed by atoms with Gasteiger partial charge in [0.15, 0.2) is 0 Å². The summed E-state index contributed by atoms with van der Waals surface area (Å²) in [6.07, 6.45) is 5.11. The fourth-order valence-corrected chi connectivity index (χ4v) is 1.52. The smallest absolute Gasteiger partial charge is 0.303 e. The first-order chi connectivity index (χ1) is 6.75. The van der Waals surface area contributed by atoms with Crippen LogP contribution in [0.2, 0.25) is 0 Å². The third-order valence-electron chi connectivity index (χ3n) is 2.53. The molecule has 76 valence electrons. The van der Waals surface area contributed by atoms with Gasteiger partial charge in [-0.2, -0.15) is 5.10 Å². The van der Waals surface area contributed by atoms with Crippen molar-refractivity contribution in [3.8, 4) is 0 Å². The van der Waals surface area contributed by atoms with E-state index in [0.717, 1.165) is 18.2 Å². The fraction of sp³-hybridized carbons (Fsp3) is 0.600. The molecule has 1 aromatic heterocycles. The summed E-state index contributed by atoms with van der Waals surface area (Å²) in [6.45, 7) is 0.960. The van der Waals surface area contributed by atoms with Crippen LogP contribution >= 0.6 is 0 Å². The number of hydrogen-bond donors (Lipinski definition) is 1. The number of carboxylic acids is 1. The average molecular weight is 194 g/mol. The minimum atomic E-state index is -0.746. The summed E-state index contributed by atoms with van der Waals surface area (Å²) < 4.78 is 1.95. The summed E-state index contributed by atoms with van der Waals surface area (Å²) in [4.78, 5) is 10.4. The lowest BCUT2D eigenvalue weighted by Gasteiger charge is -2.04. The van der Waals surface area contributed by atoms with Crippen molar-refractivity contribution in [3.05, 3.63) is 18.0 Å². The molecule has 0 saturated heterocycles. The van der Waals surface area contributed by atoms with Crippen molar-refractivity contribution in [2.45, 2.75) is 32.2 Å². The Morgan fingerprint density at radius 3 is 3.07 bits per heavy atom. The van der Waals surface area contributed by atoms with E-state index in [1.165, 1.54) is 12.8 Å². The Bertz CT molecular complexity index is 329. The largest absolute Gasteiger partial charge is 0.481 e. The highest BCUT2D eigenvalue weighted by molar-refractivity contribution is 5.66. The van der Waals surface area contributed by atoms with E-state index < -0.39 is 5.97 Å². The maximum absolute atomic E-state index is 10.4. The summed E-state index contributed by atoms with van der Waals surface area (Å²) in [5.74, 6) is 0.0302. The molecule has 0 aliphatic heterocycles. The SMILES string of the molecule is O=C(O)CCc1ccnn1CC1CC1. The van der Waals surface area contributed by atoms with Gasteiger partial charge in [0.1, 0.15) is 0 Å². The molecule has 1 aliphatic rings. The standard InChI is InChI=1S/C10H14N2O2/c13-10(14)4-3-9-5-6-11-12(9)7-8-1-2-8/h5-6,8H,1-4,7H2,(H,13,14). The van der Waals surface area contributed by atoms with Gasteiger partial charge in [-0.1, -0.05) is 0 Å². The van der Waals surface area contributed by atoms with E-state index in [9.17, 15) is 4.79 Å². The number of aliphatic carboxylic acids is 1. The molecule has 4 nitrogen and oxygen atoms in total. The van der Waals surface area contributed by atoms with Gasteiger partial charge in [-0.15, -0.1) is 0 Å². The van der Waals surface area contributed by atoms with Crippen molar-refractivity contribution in [3.63, 3.8) is 0 Å².